The van der Waals surface area contributed by atoms with Crippen LogP contribution in [0.4, 0.5) is 0 Å². The summed E-state index contributed by atoms with van der Waals surface area (Å²) in [5.41, 5.74) is 3.03. The predicted molar refractivity (Wildman–Crippen MR) is 130 cm³/mol. The molecular formula is C28H31NO4. The second-order valence-electron chi connectivity index (χ2n) is 8.92. The van der Waals surface area contributed by atoms with E-state index in [1.165, 1.54) is 0 Å². The number of hydrogen-bond donors (Lipinski definition) is 0. The van der Waals surface area contributed by atoms with Gasteiger partial charge in [0.1, 0.15) is 11.4 Å². The van der Waals surface area contributed by atoms with Crippen molar-refractivity contribution in [1.82, 2.24) is 4.57 Å². The highest BCUT2D eigenvalue weighted by Gasteiger charge is 2.16. The molecular weight excluding hydrogens is 414 g/mol. The summed E-state index contributed by atoms with van der Waals surface area (Å²) in [4.78, 5) is 24.6. The second-order valence-corrected chi connectivity index (χ2v) is 8.92. The summed E-state index contributed by atoms with van der Waals surface area (Å²) in [6.45, 7) is 8.08. The summed E-state index contributed by atoms with van der Waals surface area (Å²) in [5.74, 6) is 0.257. The van der Waals surface area contributed by atoms with Crippen LogP contribution in [0, 0.1) is 6.92 Å². The van der Waals surface area contributed by atoms with Gasteiger partial charge in [-0.05, 0) is 63.9 Å². The lowest BCUT2D eigenvalue weighted by Gasteiger charge is -2.19. The maximum Gasteiger partial charge on any atom is 0.344 e. The van der Waals surface area contributed by atoms with Crippen molar-refractivity contribution in [1.29, 1.82) is 0 Å². The van der Waals surface area contributed by atoms with Crippen LogP contribution in [-0.4, -0.2) is 28.5 Å². The Balaban J connectivity index is 1.49. The highest BCUT2D eigenvalue weighted by atomic mass is 16.6. The van der Waals surface area contributed by atoms with E-state index in [0.29, 0.717) is 23.6 Å². The van der Waals surface area contributed by atoms with Gasteiger partial charge in [0.15, 0.2) is 6.61 Å². The first-order valence-electron chi connectivity index (χ1n) is 11.1. The van der Waals surface area contributed by atoms with Crippen LogP contribution in [0.15, 0.2) is 72.9 Å². The van der Waals surface area contributed by atoms with E-state index in [9.17, 15) is 9.59 Å². The van der Waals surface area contributed by atoms with Crippen molar-refractivity contribution in [2.24, 2.45) is 0 Å². The zero-order valence-electron chi connectivity index (χ0n) is 19.7. The lowest BCUT2D eigenvalue weighted by molar-refractivity contribution is -0.157. The molecule has 0 saturated carbocycles. The Morgan fingerprint density at radius 2 is 1.67 bits per heavy atom. The van der Waals surface area contributed by atoms with Gasteiger partial charge in [0.2, 0.25) is 5.78 Å². The van der Waals surface area contributed by atoms with Crippen LogP contribution >= 0.6 is 0 Å². The molecule has 3 aromatic rings. The molecule has 172 valence electrons. The maximum atomic E-state index is 12.8. The summed E-state index contributed by atoms with van der Waals surface area (Å²) in [6.07, 6.45) is 6.84. The minimum atomic E-state index is -0.523. The zero-order valence-corrected chi connectivity index (χ0v) is 19.7. The van der Waals surface area contributed by atoms with Crippen LogP contribution in [0.1, 0.15) is 54.4 Å². The molecule has 0 N–H and O–H groups in total. The van der Waals surface area contributed by atoms with E-state index in [2.05, 4.69) is 6.08 Å². The quantitative estimate of drug-likeness (QED) is 0.306. The number of hydrogen-bond acceptors (Lipinski definition) is 4. The molecule has 1 heterocycles. The average Bonchev–Trinajstić information content (AvgIpc) is 3.23. The first kappa shape index (κ1) is 24.1. The Morgan fingerprint density at radius 3 is 2.33 bits per heavy atom. The summed E-state index contributed by atoms with van der Waals surface area (Å²) in [7, 11) is 0. The van der Waals surface area contributed by atoms with E-state index in [-0.39, 0.29) is 12.4 Å². The number of nitrogens with zero attached hydrogens (tertiary/aromatic N) is 1. The van der Waals surface area contributed by atoms with Crippen molar-refractivity contribution < 1.29 is 19.1 Å². The number of allylic oxidation sites excluding steroid dienone is 1. The Hall–Kier alpha value is -3.60. The molecule has 5 heteroatoms. The first-order chi connectivity index (χ1) is 15.7. The van der Waals surface area contributed by atoms with Gasteiger partial charge >= 0.3 is 5.97 Å². The van der Waals surface area contributed by atoms with E-state index < -0.39 is 11.6 Å². The van der Waals surface area contributed by atoms with Crippen LogP contribution in [0.25, 0.3) is 6.08 Å². The fourth-order valence-corrected chi connectivity index (χ4v) is 3.29. The molecule has 0 bridgehead atoms. The molecule has 0 radical (unpaired) electrons. The molecule has 3 rings (SSSR count). The average molecular weight is 446 g/mol. The molecule has 0 amide bonds. The van der Waals surface area contributed by atoms with Gasteiger partial charge in [-0.3, -0.25) is 4.79 Å². The molecule has 1 aromatic heterocycles. The highest BCUT2D eigenvalue weighted by molar-refractivity contribution is 6.08. The topological polar surface area (TPSA) is 57.5 Å². The Labute approximate surface area is 195 Å². The van der Waals surface area contributed by atoms with Crippen molar-refractivity contribution in [2.45, 2.75) is 46.3 Å². The standard InChI is InChI=1S/C28H31NO4/c1-21-10-14-23(15-11-21)27(31)25-9-7-19-29(25)18-6-5-8-22-12-16-24(17-13-22)32-20-26(30)33-28(2,3)4/h5,7-17,19H,6,18,20H2,1-4H3/b8-5+. The normalized spacial score (nSPS) is 11.5. The predicted octanol–water partition coefficient (Wildman–Crippen LogP) is 5.85. The third kappa shape index (κ3) is 7.49. The van der Waals surface area contributed by atoms with Crippen LogP contribution in [0.3, 0.4) is 0 Å². The van der Waals surface area contributed by atoms with Gasteiger partial charge in [0.05, 0.1) is 5.69 Å². The molecule has 33 heavy (non-hydrogen) atoms. The van der Waals surface area contributed by atoms with Crippen molar-refractivity contribution in [3.05, 3.63) is 95.3 Å². The minimum absolute atomic E-state index is 0.0333. The van der Waals surface area contributed by atoms with Crippen LogP contribution < -0.4 is 4.74 Å². The number of benzene rings is 2. The molecule has 0 atom stereocenters. The largest absolute Gasteiger partial charge is 0.482 e. The number of ketones is 1. The van der Waals surface area contributed by atoms with E-state index in [1.807, 2.05) is 105 Å². The van der Waals surface area contributed by atoms with E-state index in [1.54, 1.807) is 0 Å². The second kappa shape index (κ2) is 10.8. The zero-order chi connectivity index (χ0) is 23.8. The number of esters is 1. The molecule has 0 saturated heterocycles. The molecule has 0 fully saturated rings. The monoisotopic (exact) mass is 445 g/mol. The summed E-state index contributed by atoms with van der Waals surface area (Å²) < 4.78 is 12.7. The summed E-state index contributed by atoms with van der Waals surface area (Å²) in [6, 6.07) is 18.9. The SMILES string of the molecule is Cc1ccc(C(=O)c2cccn2CC/C=C/c2ccc(OCC(=O)OC(C)(C)C)cc2)cc1. The number of rotatable bonds is 9. The Morgan fingerprint density at radius 1 is 0.970 bits per heavy atom. The van der Waals surface area contributed by atoms with Gasteiger partial charge in [-0.2, -0.15) is 0 Å². The lowest BCUT2D eigenvalue weighted by Crippen LogP contribution is -2.27. The van der Waals surface area contributed by atoms with Gasteiger partial charge < -0.3 is 14.0 Å². The van der Waals surface area contributed by atoms with Gasteiger partial charge in [-0.15, -0.1) is 0 Å². The molecule has 0 aliphatic heterocycles. The van der Waals surface area contributed by atoms with Gasteiger partial charge in [0.25, 0.3) is 0 Å². The third-order valence-corrected chi connectivity index (χ3v) is 4.88. The van der Waals surface area contributed by atoms with Gasteiger partial charge in [-0.25, -0.2) is 4.79 Å². The van der Waals surface area contributed by atoms with Gasteiger partial charge in [-0.1, -0.05) is 54.1 Å². The molecule has 2 aromatic carbocycles. The molecule has 0 aliphatic carbocycles. The number of aromatic nitrogens is 1. The number of carbonyl (C=O) groups excluding carboxylic acids is 2. The fourth-order valence-electron chi connectivity index (χ4n) is 3.29. The lowest BCUT2D eigenvalue weighted by atomic mass is 10.1. The van der Waals surface area contributed by atoms with Crippen molar-refractivity contribution in [2.75, 3.05) is 6.61 Å². The minimum Gasteiger partial charge on any atom is -0.482 e. The number of ether oxygens (including phenoxy) is 2. The van der Waals surface area contributed by atoms with Crippen molar-refractivity contribution in [3.63, 3.8) is 0 Å². The Bertz CT molecular complexity index is 1100. The summed E-state index contributed by atoms with van der Waals surface area (Å²) >= 11 is 0. The van der Waals surface area contributed by atoms with Gasteiger partial charge in [0, 0.05) is 18.3 Å². The molecule has 0 aliphatic rings. The van der Waals surface area contributed by atoms with Crippen LogP contribution in [0.2, 0.25) is 0 Å². The van der Waals surface area contributed by atoms with Crippen molar-refractivity contribution in [3.8, 4) is 5.75 Å². The molecule has 0 unspecified atom stereocenters. The maximum absolute atomic E-state index is 12.8. The van der Waals surface area contributed by atoms with Crippen molar-refractivity contribution >= 4 is 17.8 Å². The fraction of sp³-hybridized carbons (Fsp3) is 0.286. The number of carbonyl (C=O) groups is 2. The van der Waals surface area contributed by atoms with Crippen LogP contribution in [-0.2, 0) is 16.1 Å². The van der Waals surface area contributed by atoms with Crippen LogP contribution in [0.5, 0.6) is 5.75 Å². The number of aryl methyl sites for hydroxylation is 2. The first-order valence-corrected chi connectivity index (χ1v) is 11.1. The molecule has 0 spiro atoms. The highest BCUT2D eigenvalue weighted by Crippen LogP contribution is 2.16. The summed E-state index contributed by atoms with van der Waals surface area (Å²) in [5, 5.41) is 0. The van der Waals surface area contributed by atoms with E-state index in [4.69, 9.17) is 9.47 Å². The van der Waals surface area contributed by atoms with E-state index >= 15 is 0 Å². The van der Waals surface area contributed by atoms with E-state index in [0.717, 1.165) is 17.5 Å². The smallest absolute Gasteiger partial charge is 0.344 e. The Kier molecular flexibility index (Phi) is 7.88. The third-order valence-electron chi connectivity index (χ3n) is 4.88. The molecule has 5 nitrogen and oxygen atoms in total.